The fourth-order valence-corrected chi connectivity index (χ4v) is 4.72. The fourth-order valence-electron chi connectivity index (χ4n) is 4.72. The molecule has 0 aliphatic carbocycles. The van der Waals surface area contributed by atoms with Crippen LogP contribution in [0.5, 0.6) is 0 Å². The van der Waals surface area contributed by atoms with Gasteiger partial charge in [-0.2, -0.15) is 0 Å². The SMILES string of the molecule is CCN1CCCC1C(=O)NC(Cc1cccc2ccccc12)C(=O)NC(CC(C)C)B(O)O. The molecule has 0 radical (unpaired) electrons. The van der Waals surface area contributed by atoms with Crippen LogP contribution in [0.1, 0.15) is 45.6 Å². The third kappa shape index (κ3) is 6.56. The van der Waals surface area contributed by atoms with E-state index in [2.05, 4.69) is 15.5 Å². The Balaban J connectivity index is 1.85. The highest BCUT2D eigenvalue weighted by atomic mass is 16.4. The number of likely N-dealkylation sites (N-methyl/N-ethyl adjacent to an activating group) is 1. The molecule has 8 heteroatoms. The maximum Gasteiger partial charge on any atom is 0.475 e. The maximum atomic E-state index is 13.3. The molecule has 2 amide bonds. The van der Waals surface area contributed by atoms with Gasteiger partial charge in [-0.1, -0.05) is 63.2 Å². The molecular weight excluding hydrogens is 417 g/mol. The monoisotopic (exact) mass is 453 g/mol. The van der Waals surface area contributed by atoms with Gasteiger partial charge in [-0.3, -0.25) is 14.5 Å². The van der Waals surface area contributed by atoms with Crippen LogP contribution in [0.3, 0.4) is 0 Å². The van der Waals surface area contributed by atoms with Gasteiger partial charge in [-0.15, -0.1) is 0 Å². The molecule has 0 saturated carbocycles. The molecule has 3 rings (SSSR count). The van der Waals surface area contributed by atoms with Crippen LogP contribution in [0.25, 0.3) is 10.8 Å². The molecule has 7 nitrogen and oxygen atoms in total. The van der Waals surface area contributed by atoms with Crippen molar-refractivity contribution in [1.82, 2.24) is 15.5 Å². The highest BCUT2D eigenvalue weighted by molar-refractivity contribution is 6.43. The molecule has 1 saturated heterocycles. The Morgan fingerprint density at radius 1 is 1.12 bits per heavy atom. The van der Waals surface area contributed by atoms with Crippen LogP contribution < -0.4 is 10.6 Å². The van der Waals surface area contributed by atoms with E-state index in [1.165, 1.54) is 0 Å². The summed E-state index contributed by atoms with van der Waals surface area (Å²) in [5.74, 6) is -1.20. The Labute approximate surface area is 196 Å². The number of hydrogen-bond acceptors (Lipinski definition) is 5. The van der Waals surface area contributed by atoms with Gasteiger partial charge in [0.1, 0.15) is 6.04 Å². The molecule has 1 heterocycles. The van der Waals surface area contributed by atoms with E-state index >= 15 is 0 Å². The van der Waals surface area contributed by atoms with Crippen molar-refractivity contribution in [2.24, 2.45) is 5.92 Å². The van der Waals surface area contributed by atoms with Gasteiger partial charge in [0.2, 0.25) is 11.8 Å². The van der Waals surface area contributed by atoms with Crippen molar-refractivity contribution in [3.8, 4) is 0 Å². The van der Waals surface area contributed by atoms with Gasteiger partial charge in [-0.25, -0.2) is 0 Å². The number of carbonyl (C=O) groups excluding carboxylic acids is 2. The van der Waals surface area contributed by atoms with Crippen LogP contribution in [0.2, 0.25) is 0 Å². The molecule has 0 aromatic heterocycles. The van der Waals surface area contributed by atoms with Gasteiger partial charge in [0.25, 0.3) is 0 Å². The standard InChI is InChI=1S/C25H36BN3O4/c1-4-29-14-8-13-22(29)25(31)27-21(24(30)28-23(26(32)33)15-17(2)3)16-19-11-7-10-18-9-5-6-12-20(18)19/h5-7,9-12,17,21-23,32-33H,4,8,13-16H2,1-3H3,(H,27,31)(H,28,30). The average Bonchev–Trinajstić information content (AvgIpc) is 3.27. The molecule has 178 valence electrons. The van der Waals surface area contributed by atoms with Gasteiger partial charge >= 0.3 is 7.12 Å². The van der Waals surface area contributed by atoms with Crippen LogP contribution in [-0.2, 0) is 16.0 Å². The summed E-state index contributed by atoms with van der Waals surface area (Å²) in [4.78, 5) is 28.6. The number of likely N-dealkylation sites (tertiary alicyclic amines) is 1. The first-order chi connectivity index (χ1) is 15.8. The summed E-state index contributed by atoms with van der Waals surface area (Å²) in [6.45, 7) is 7.60. The zero-order valence-corrected chi connectivity index (χ0v) is 19.8. The third-order valence-electron chi connectivity index (χ3n) is 6.42. The molecule has 1 aliphatic heterocycles. The Kier molecular flexibility index (Phi) is 8.89. The van der Waals surface area contributed by atoms with Crippen molar-refractivity contribution in [3.63, 3.8) is 0 Å². The maximum absolute atomic E-state index is 13.3. The minimum absolute atomic E-state index is 0.153. The van der Waals surface area contributed by atoms with Crippen LogP contribution in [0, 0.1) is 5.92 Å². The Bertz CT molecular complexity index is 947. The lowest BCUT2D eigenvalue weighted by atomic mass is 9.75. The predicted octanol–water partition coefficient (Wildman–Crippen LogP) is 1.89. The Morgan fingerprint density at radius 3 is 2.55 bits per heavy atom. The van der Waals surface area contributed by atoms with Crippen LogP contribution >= 0.6 is 0 Å². The molecule has 3 unspecified atom stereocenters. The lowest BCUT2D eigenvalue weighted by Gasteiger charge is -2.27. The van der Waals surface area contributed by atoms with Crippen molar-refractivity contribution in [2.45, 2.75) is 64.5 Å². The number of amides is 2. The van der Waals surface area contributed by atoms with E-state index < -0.39 is 25.0 Å². The van der Waals surface area contributed by atoms with E-state index in [4.69, 9.17) is 0 Å². The molecule has 1 fully saturated rings. The van der Waals surface area contributed by atoms with Crippen LogP contribution in [-0.4, -0.2) is 65.0 Å². The average molecular weight is 453 g/mol. The van der Waals surface area contributed by atoms with Gasteiger partial charge in [-0.05, 0) is 54.6 Å². The van der Waals surface area contributed by atoms with Crippen LogP contribution in [0.15, 0.2) is 42.5 Å². The lowest BCUT2D eigenvalue weighted by molar-refractivity contribution is -0.131. The van der Waals surface area contributed by atoms with Crippen molar-refractivity contribution < 1.29 is 19.6 Å². The van der Waals surface area contributed by atoms with Gasteiger partial charge in [0, 0.05) is 6.42 Å². The number of benzene rings is 2. The fraction of sp³-hybridized carbons (Fsp3) is 0.520. The Hall–Kier alpha value is -2.42. The lowest BCUT2D eigenvalue weighted by Crippen LogP contribution is -2.57. The van der Waals surface area contributed by atoms with Crippen molar-refractivity contribution in [2.75, 3.05) is 13.1 Å². The van der Waals surface area contributed by atoms with E-state index in [0.717, 1.165) is 42.3 Å². The molecule has 2 aromatic carbocycles. The minimum Gasteiger partial charge on any atom is -0.426 e. The molecule has 0 bridgehead atoms. The van der Waals surface area contributed by atoms with Gasteiger partial charge in [0.05, 0.1) is 12.0 Å². The topological polar surface area (TPSA) is 102 Å². The number of nitrogens with zero attached hydrogens (tertiary/aromatic N) is 1. The summed E-state index contributed by atoms with van der Waals surface area (Å²) < 4.78 is 0. The van der Waals surface area contributed by atoms with E-state index in [-0.39, 0.29) is 17.9 Å². The summed E-state index contributed by atoms with van der Waals surface area (Å²) in [7, 11) is -1.67. The molecular formula is C25H36BN3O4. The molecule has 2 aromatic rings. The van der Waals surface area contributed by atoms with Crippen molar-refractivity contribution >= 4 is 29.7 Å². The summed E-state index contributed by atoms with van der Waals surface area (Å²) in [6, 6.07) is 12.8. The number of rotatable bonds is 10. The Morgan fingerprint density at radius 2 is 1.85 bits per heavy atom. The van der Waals surface area contributed by atoms with Crippen LogP contribution in [0.4, 0.5) is 0 Å². The summed E-state index contributed by atoms with van der Waals surface area (Å²) in [5, 5.41) is 27.4. The molecule has 1 aliphatic rings. The summed E-state index contributed by atoms with van der Waals surface area (Å²) in [6.07, 6.45) is 2.46. The molecule has 3 atom stereocenters. The summed E-state index contributed by atoms with van der Waals surface area (Å²) in [5.41, 5.74) is 0.956. The second-order valence-electron chi connectivity index (χ2n) is 9.35. The first kappa shape index (κ1) is 25.2. The third-order valence-corrected chi connectivity index (χ3v) is 6.42. The first-order valence-electron chi connectivity index (χ1n) is 12.0. The molecule has 33 heavy (non-hydrogen) atoms. The largest absolute Gasteiger partial charge is 0.475 e. The normalized spacial score (nSPS) is 18.3. The van der Waals surface area contributed by atoms with Crippen molar-refractivity contribution in [1.29, 1.82) is 0 Å². The highest BCUT2D eigenvalue weighted by Gasteiger charge is 2.34. The minimum atomic E-state index is -1.67. The molecule has 4 N–H and O–H groups in total. The zero-order valence-electron chi connectivity index (χ0n) is 19.8. The van der Waals surface area contributed by atoms with E-state index in [1.54, 1.807) is 0 Å². The number of hydrogen-bond donors (Lipinski definition) is 4. The van der Waals surface area contributed by atoms with Gasteiger partial charge < -0.3 is 20.7 Å². The van der Waals surface area contributed by atoms with E-state index in [0.29, 0.717) is 12.8 Å². The number of carbonyl (C=O) groups is 2. The zero-order chi connectivity index (χ0) is 24.0. The number of fused-ring (bicyclic) bond motifs is 1. The summed E-state index contributed by atoms with van der Waals surface area (Å²) >= 11 is 0. The van der Waals surface area contributed by atoms with Gasteiger partial charge in [0.15, 0.2) is 0 Å². The van der Waals surface area contributed by atoms with Crippen molar-refractivity contribution in [3.05, 3.63) is 48.0 Å². The molecule has 0 spiro atoms. The second kappa shape index (κ2) is 11.6. The quantitative estimate of drug-likeness (QED) is 0.412. The second-order valence-corrected chi connectivity index (χ2v) is 9.35. The highest BCUT2D eigenvalue weighted by Crippen LogP contribution is 2.21. The number of nitrogens with one attached hydrogen (secondary N) is 2. The smallest absolute Gasteiger partial charge is 0.426 e. The van der Waals surface area contributed by atoms with E-state index in [1.807, 2.05) is 63.2 Å². The van der Waals surface area contributed by atoms with E-state index in [9.17, 15) is 19.6 Å². The predicted molar refractivity (Wildman–Crippen MR) is 131 cm³/mol. The first-order valence-corrected chi connectivity index (χ1v) is 12.0.